The van der Waals surface area contributed by atoms with E-state index in [-0.39, 0.29) is 0 Å². The maximum atomic E-state index is 3.85. The lowest BCUT2D eigenvalue weighted by molar-refractivity contribution is 0.480. The van der Waals surface area contributed by atoms with E-state index < -0.39 is 0 Å². The summed E-state index contributed by atoms with van der Waals surface area (Å²) >= 11 is 0. The Bertz CT molecular complexity index is 145. The first-order valence-corrected chi connectivity index (χ1v) is 3.62. The van der Waals surface area contributed by atoms with Gasteiger partial charge >= 0.3 is 0 Å². The van der Waals surface area contributed by atoms with Crippen LogP contribution in [0.2, 0.25) is 0 Å². The molecule has 0 bridgehead atoms. The first-order valence-electron chi connectivity index (χ1n) is 3.62. The van der Waals surface area contributed by atoms with Gasteiger partial charge in [0.05, 0.1) is 0 Å². The molecule has 0 radical (unpaired) electrons. The van der Waals surface area contributed by atoms with Crippen molar-refractivity contribution < 1.29 is 0 Å². The molecule has 0 saturated heterocycles. The summed E-state index contributed by atoms with van der Waals surface area (Å²) in [4.78, 5) is 2.14. The average Bonchev–Trinajstić information content (AvgIpc) is 1.87. The fraction of sp³-hybridized carbons (Fsp3) is 0.556. The highest BCUT2D eigenvalue weighted by molar-refractivity contribution is 5.22. The maximum Gasteiger partial charge on any atom is 0.0140 e. The van der Waals surface area contributed by atoms with Crippen LogP contribution in [0.25, 0.3) is 0 Å². The molecule has 0 heterocycles. The Kier molecular flexibility index (Phi) is 3.85. The fourth-order valence-corrected chi connectivity index (χ4v) is 0.532. The van der Waals surface area contributed by atoms with Crippen LogP contribution in [0.5, 0.6) is 0 Å². The topological polar surface area (TPSA) is 3.24 Å². The minimum absolute atomic E-state index is 1.05. The average molecular weight is 139 g/mol. The van der Waals surface area contributed by atoms with Gasteiger partial charge in [-0.2, -0.15) is 0 Å². The summed E-state index contributed by atoms with van der Waals surface area (Å²) in [7, 11) is 2.06. The van der Waals surface area contributed by atoms with Crippen LogP contribution in [0.3, 0.4) is 0 Å². The van der Waals surface area contributed by atoms with Gasteiger partial charge in [0.1, 0.15) is 0 Å². The maximum absolute atomic E-state index is 3.85. The summed E-state index contributed by atoms with van der Waals surface area (Å²) in [5, 5.41) is 0. The van der Waals surface area contributed by atoms with Crippen molar-refractivity contribution in [2.45, 2.75) is 20.8 Å². The Morgan fingerprint density at radius 3 is 2.30 bits per heavy atom. The molecule has 0 fully saturated rings. The van der Waals surface area contributed by atoms with Crippen LogP contribution in [-0.4, -0.2) is 18.5 Å². The van der Waals surface area contributed by atoms with E-state index in [2.05, 4.69) is 38.6 Å². The summed E-state index contributed by atoms with van der Waals surface area (Å²) in [6.07, 6.45) is 2.11. The lowest BCUT2D eigenvalue weighted by Crippen LogP contribution is -2.09. The molecule has 58 valence electrons. The Balaban J connectivity index is 4.02. The molecule has 0 amide bonds. The first-order chi connectivity index (χ1) is 4.57. The van der Waals surface area contributed by atoms with Crippen molar-refractivity contribution in [1.29, 1.82) is 0 Å². The predicted octanol–water partition coefficient (Wildman–Crippen LogP) is 2.42. The lowest BCUT2D eigenvalue weighted by atomic mass is 10.2. The van der Waals surface area contributed by atoms with Gasteiger partial charge in [-0.3, -0.25) is 0 Å². The quantitative estimate of drug-likeness (QED) is 0.543. The van der Waals surface area contributed by atoms with E-state index in [1.54, 1.807) is 0 Å². The van der Waals surface area contributed by atoms with Gasteiger partial charge in [0.15, 0.2) is 0 Å². The molecule has 0 atom stereocenters. The van der Waals surface area contributed by atoms with E-state index in [0.717, 1.165) is 12.1 Å². The van der Waals surface area contributed by atoms with Crippen LogP contribution in [0, 0.1) is 0 Å². The number of rotatable bonds is 3. The first kappa shape index (κ1) is 9.28. The molecule has 0 N–H and O–H groups in total. The molecule has 0 aliphatic rings. The zero-order valence-electron chi connectivity index (χ0n) is 7.44. The predicted molar refractivity (Wildman–Crippen MR) is 46.9 cm³/mol. The number of nitrogens with zero attached hydrogens (tertiary/aromatic N) is 1. The Labute approximate surface area is 64.0 Å². The zero-order chi connectivity index (χ0) is 8.15. The van der Waals surface area contributed by atoms with Gasteiger partial charge in [0, 0.05) is 19.8 Å². The van der Waals surface area contributed by atoms with Gasteiger partial charge in [-0.1, -0.05) is 12.2 Å². The molecule has 0 aromatic carbocycles. The Morgan fingerprint density at radius 2 is 2.00 bits per heavy atom. The lowest BCUT2D eigenvalue weighted by Gasteiger charge is -2.11. The van der Waals surface area contributed by atoms with Crippen LogP contribution < -0.4 is 0 Å². The summed E-state index contributed by atoms with van der Waals surface area (Å²) in [6, 6.07) is 0. The number of hydrogen-bond acceptors (Lipinski definition) is 1. The zero-order valence-corrected chi connectivity index (χ0v) is 7.44. The minimum Gasteiger partial charge on any atom is -0.380 e. The molecule has 0 rings (SSSR count). The smallest absolute Gasteiger partial charge is 0.0140 e. The molecule has 0 saturated carbocycles. The van der Waals surface area contributed by atoms with Crippen molar-refractivity contribution in [3.63, 3.8) is 0 Å². The molecule has 0 aromatic heterocycles. The third kappa shape index (κ3) is 3.33. The van der Waals surface area contributed by atoms with E-state index >= 15 is 0 Å². The van der Waals surface area contributed by atoms with Crippen molar-refractivity contribution >= 4 is 0 Å². The Hall–Kier alpha value is -0.720. The summed E-state index contributed by atoms with van der Waals surface area (Å²) < 4.78 is 0. The minimum atomic E-state index is 1.05. The summed E-state index contributed by atoms with van der Waals surface area (Å²) in [5.41, 5.74) is 2.39. The highest BCUT2D eigenvalue weighted by Gasteiger charge is 1.90. The molecule has 0 aliphatic carbocycles. The highest BCUT2D eigenvalue weighted by Crippen LogP contribution is 2.04. The SMILES string of the molecule is C=C(C)/C(C)=C\N(C)CC. The van der Waals surface area contributed by atoms with Crippen molar-refractivity contribution in [1.82, 2.24) is 4.90 Å². The second kappa shape index (κ2) is 4.15. The van der Waals surface area contributed by atoms with Crippen LogP contribution in [-0.2, 0) is 0 Å². The van der Waals surface area contributed by atoms with Crippen molar-refractivity contribution in [3.8, 4) is 0 Å². The van der Waals surface area contributed by atoms with E-state index in [4.69, 9.17) is 0 Å². The molecule has 1 heteroatoms. The third-order valence-corrected chi connectivity index (χ3v) is 1.59. The monoisotopic (exact) mass is 139 g/mol. The van der Waals surface area contributed by atoms with E-state index in [1.807, 2.05) is 6.92 Å². The molecule has 0 aromatic rings. The molecular weight excluding hydrogens is 122 g/mol. The second-order valence-electron chi connectivity index (χ2n) is 2.67. The van der Waals surface area contributed by atoms with E-state index in [0.29, 0.717) is 0 Å². The standard InChI is InChI=1S/C9H17N/c1-6-10(5)7-9(4)8(2)3/h7H,2,6H2,1,3-5H3/b9-7-. The highest BCUT2D eigenvalue weighted by atomic mass is 15.1. The second-order valence-corrected chi connectivity index (χ2v) is 2.67. The number of allylic oxidation sites excluding steroid dienone is 2. The van der Waals surface area contributed by atoms with Crippen LogP contribution in [0.15, 0.2) is 23.9 Å². The molecule has 0 unspecified atom stereocenters. The van der Waals surface area contributed by atoms with E-state index in [1.165, 1.54) is 5.57 Å². The Morgan fingerprint density at radius 1 is 1.50 bits per heavy atom. The molecule has 0 aliphatic heterocycles. The van der Waals surface area contributed by atoms with E-state index in [9.17, 15) is 0 Å². The van der Waals surface area contributed by atoms with Crippen LogP contribution >= 0.6 is 0 Å². The van der Waals surface area contributed by atoms with Crippen molar-refractivity contribution in [2.75, 3.05) is 13.6 Å². The summed E-state index contributed by atoms with van der Waals surface area (Å²) in [6.45, 7) is 11.1. The largest absolute Gasteiger partial charge is 0.380 e. The van der Waals surface area contributed by atoms with Crippen molar-refractivity contribution in [2.24, 2.45) is 0 Å². The number of hydrogen-bond donors (Lipinski definition) is 0. The van der Waals surface area contributed by atoms with Gasteiger partial charge < -0.3 is 4.90 Å². The van der Waals surface area contributed by atoms with Crippen molar-refractivity contribution in [3.05, 3.63) is 23.9 Å². The van der Waals surface area contributed by atoms with Gasteiger partial charge in [0.2, 0.25) is 0 Å². The summed E-state index contributed by atoms with van der Waals surface area (Å²) in [5.74, 6) is 0. The molecule has 0 spiro atoms. The molecule has 10 heavy (non-hydrogen) atoms. The fourth-order valence-electron chi connectivity index (χ4n) is 0.532. The van der Waals surface area contributed by atoms with Gasteiger partial charge in [-0.05, 0) is 26.3 Å². The van der Waals surface area contributed by atoms with Crippen LogP contribution in [0.4, 0.5) is 0 Å². The molecule has 1 nitrogen and oxygen atoms in total. The van der Waals surface area contributed by atoms with Crippen LogP contribution in [0.1, 0.15) is 20.8 Å². The van der Waals surface area contributed by atoms with Gasteiger partial charge in [-0.15, -0.1) is 0 Å². The third-order valence-electron chi connectivity index (χ3n) is 1.59. The van der Waals surface area contributed by atoms with Gasteiger partial charge in [0.25, 0.3) is 0 Å². The van der Waals surface area contributed by atoms with Gasteiger partial charge in [-0.25, -0.2) is 0 Å². The molecular formula is C9H17N. The normalized spacial score (nSPS) is 11.4.